The van der Waals surface area contributed by atoms with E-state index in [-0.39, 0.29) is 12.4 Å². The number of alkyl halides is 2. The van der Waals surface area contributed by atoms with E-state index in [1.54, 1.807) is 11.0 Å². The third-order valence-electron chi connectivity index (χ3n) is 3.97. The fourth-order valence-electron chi connectivity index (χ4n) is 2.68. The Morgan fingerprint density at radius 1 is 1.24 bits per heavy atom. The highest BCUT2D eigenvalue weighted by atomic mass is 35.5. The van der Waals surface area contributed by atoms with Crippen LogP contribution >= 0.6 is 12.4 Å². The van der Waals surface area contributed by atoms with Crippen molar-refractivity contribution in [2.24, 2.45) is 0 Å². The number of hydrogen-bond acceptors (Lipinski definition) is 3. The van der Waals surface area contributed by atoms with E-state index < -0.39 is 18.6 Å². The average Bonchev–Trinajstić information content (AvgIpc) is 2.44. The highest BCUT2D eigenvalue weighted by Crippen LogP contribution is 2.37. The number of nitrogens with one attached hydrogen (secondary N) is 1. The van der Waals surface area contributed by atoms with Crippen LogP contribution in [0.3, 0.4) is 0 Å². The number of aliphatic hydroxyl groups excluding tert-OH is 1. The van der Waals surface area contributed by atoms with Crippen LogP contribution < -0.4 is 5.32 Å². The topological polar surface area (TPSA) is 35.5 Å². The van der Waals surface area contributed by atoms with Crippen molar-refractivity contribution < 1.29 is 13.9 Å². The summed E-state index contributed by atoms with van der Waals surface area (Å²) in [4.78, 5) is 1.76. The molecule has 2 rings (SSSR count). The van der Waals surface area contributed by atoms with Crippen molar-refractivity contribution in [3.63, 3.8) is 0 Å². The molecule has 6 heteroatoms. The zero-order valence-corrected chi connectivity index (χ0v) is 13.2. The Hall–Kier alpha value is -0.750. The van der Waals surface area contributed by atoms with Crippen LogP contribution in [0, 0.1) is 13.8 Å². The van der Waals surface area contributed by atoms with E-state index in [1.165, 1.54) is 0 Å². The SMILES string of the molecule is Cc1ccc([C@@H](N2CCNCC2)C(F)(F)CO)cc1C.Cl. The number of halogens is 3. The second-order valence-corrected chi connectivity index (χ2v) is 5.45. The summed E-state index contributed by atoms with van der Waals surface area (Å²) in [5.41, 5.74) is 2.66. The van der Waals surface area contributed by atoms with Gasteiger partial charge in [0.15, 0.2) is 0 Å². The van der Waals surface area contributed by atoms with Crippen molar-refractivity contribution >= 4 is 12.4 Å². The van der Waals surface area contributed by atoms with E-state index in [2.05, 4.69) is 5.32 Å². The molecule has 1 aromatic rings. The molecule has 0 spiro atoms. The van der Waals surface area contributed by atoms with E-state index in [1.807, 2.05) is 26.0 Å². The Morgan fingerprint density at radius 2 is 1.86 bits per heavy atom. The van der Waals surface area contributed by atoms with Gasteiger partial charge in [-0.15, -0.1) is 12.4 Å². The molecular formula is C15H23ClF2N2O. The van der Waals surface area contributed by atoms with Crippen LogP contribution in [-0.4, -0.2) is 48.7 Å². The molecule has 120 valence electrons. The maximum Gasteiger partial charge on any atom is 0.289 e. The third kappa shape index (κ3) is 4.13. The normalized spacial score (nSPS) is 18.1. The molecule has 0 unspecified atom stereocenters. The van der Waals surface area contributed by atoms with Gasteiger partial charge in [0, 0.05) is 26.2 Å². The third-order valence-corrected chi connectivity index (χ3v) is 3.97. The Labute approximate surface area is 130 Å². The highest BCUT2D eigenvalue weighted by Gasteiger charge is 2.44. The van der Waals surface area contributed by atoms with Crippen molar-refractivity contribution in [3.05, 3.63) is 34.9 Å². The van der Waals surface area contributed by atoms with Gasteiger partial charge in [-0.25, -0.2) is 8.78 Å². The summed E-state index contributed by atoms with van der Waals surface area (Å²) < 4.78 is 28.4. The molecule has 1 aromatic carbocycles. The smallest absolute Gasteiger partial charge is 0.289 e. The first-order chi connectivity index (χ1) is 9.45. The van der Waals surface area contributed by atoms with Gasteiger partial charge in [0.2, 0.25) is 0 Å². The molecule has 0 aliphatic carbocycles. The number of hydrogen-bond donors (Lipinski definition) is 2. The van der Waals surface area contributed by atoms with Crippen molar-refractivity contribution in [1.82, 2.24) is 10.2 Å². The number of aryl methyl sites for hydroxylation is 2. The van der Waals surface area contributed by atoms with Gasteiger partial charge in [-0.1, -0.05) is 18.2 Å². The minimum absolute atomic E-state index is 0. The van der Waals surface area contributed by atoms with E-state index in [0.29, 0.717) is 31.7 Å². The van der Waals surface area contributed by atoms with Crippen LogP contribution in [0.2, 0.25) is 0 Å². The number of nitrogens with zero attached hydrogens (tertiary/aromatic N) is 1. The summed E-state index contributed by atoms with van der Waals surface area (Å²) in [5.74, 6) is -3.14. The second-order valence-electron chi connectivity index (χ2n) is 5.45. The van der Waals surface area contributed by atoms with Gasteiger partial charge in [-0.3, -0.25) is 4.90 Å². The lowest BCUT2D eigenvalue weighted by atomic mass is 9.95. The van der Waals surface area contributed by atoms with Crippen molar-refractivity contribution in [3.8, 4) is 0 Å². The molecule has 21 heavy (non-hydrogen) atoms. The Balaban J connectivity index is 0.00000220. The lowest BCUT2D eigenvalue weighted by Crippen LogP contribution is -2.51. The van der Waals surface area contributed by atoms with E-state index in [4.69, 9.17) is 5.11 Å². The molecule has 3 nitrogen and oxygen atoms in total. The van der Waals surface area contributed by atoms with Gasteiger partial charge in [-0.05, 0) is 30.5 Å². The van der Waals surface area contributed by atoms with Crippen LogP contribution in [0.1, 0.15) is 22.7 Å². The molecule has 1 aliphatic rings. The molecule has 1 fully saturated rings. The van der Waals surface area contributed by atoms with Gasteiger partial charge in [0.1, 0.15) is 12.6 Å². The first-order valence-corrected chi connectivity index (χ1v) is 6.96. The number of aliphatic hydroxyl groups is 1. The molecule has 0 radical (unpaired) electrons. The maximum atomic E-state index is 14.2. The summed E-state index contributed by atoms with van der Waals surface area (Å²) in [6, 6.07) is 4.37. The van der Waals surface area contributed by atoms with Gasteiger partial charge >= 0.3 is 0 Å². The second kappa shape index (κ2) is 7.49. The van der Waals surface area contributed by atoms with E-state index >= 15 is 0 Å². The van der Waals surface area contributed by atoms with Crippen LogP contribution in [0.15, 0.2) is 18.2 Å². The summed E-state index contributed by atoms with van der Waals surface area (Å²) in [7, 11) is 0. The van der Waals surface area contributed by atoms with Crippen LogP contribution in [-0.2, 0) is 0 Å². The largest absolute Gasteiger partial charge is 0.390 e. The Kier molecular flexibility index (Phi) is 6.53. The minimum atomic E-state index is -3.14. The van der Waals surface area contributed by atoms with Gasteiger partial charge < -0.3 is 10.4 Å². The first kappa shape index (κ1) is 18.3. The molecule has 1 aliphatic heterocycles. The molecule has 0 amide bonds. The lowest BCUT2D eigenvalue weighted by Gasteiger charge is -2.39. The molecule has 1 heterocycles. The molecule has 0 aromatic heterocycles. The van der Waals surface area contributed by atoms with E-state index in [0.717, 1.165) is 11.1 Å². The summed E-state index contributed by atoms with van der Waals surface area (Å²) in [5, 5.41) is 12.2. The molecule has 0 saturated carbocycles. The molecule has 1 saturated heterocycles. The van der Waals surface area contributed by atoms with Gasteiger partial charge in [0.05, 0.1) is 0 Å². The molecule has 1 atom stereocenters. The fourth-order valence-corrected chi connectivity index (χ4v) is 2.68. The molecular weight excluding hydrogens is 298 g/mol. The van der Waals surface area contributed by atoms with Gasteiger partial charge in [0.25, 0.3) is 5.92 Å². The van der Waals surface area contributed by atoms with E-state index in [9.17, 15) is 8.78 Å². The predicted molar refractivity (Wildman–Crippen MR) is 82.4 cm³/mol. The lowest BCUT2D eigenvalue weighted by molar-refractivity contribution is -0.118. The number of piperazine rings is 1. The van der Waals surface area contributed by atoms with Crippen LogP contribution in [0.5, 0.6) is 0 Å². The summed E-state index contributed by atoms with van der Waals surface area (Å²) in [6.07, 6.45) is 0. The Bertz CT molecular complexity index is 465. The average molecular weight is 321 g/mol. The van der Waals surface area contributed by atoms with Crippen molar-refractivity contribution in [1.29, 1.82) is 0 Å². The van der Waals surface area contributed by atoms with Crippen molar-refractivity contribution in [2.45, 2.75) is 25.8 Å². The standard InChI is InChI=1S/C15H22F2N2O.ClH/c1-11-3-4-13(9-12(11)2)14(15(16,17)10-20)19-7-5-18-6-8-19;/h3-4,9,14,18,20H,5-8,10H2,1-2H3;1H/t14-;/m1./s1. The van der Waals surface area contributed by atoms with Crippen LogP contribution in [0.25, 0.3) is 0 Å². The maximum absolute atomic E-state index is 14.2. The molecule has 0 bridgehead atoms. The monoisotopic (exact) mass is 320 g/mol. The highest BCUT2D eigenvalue weighted by molar-refractivity contribution is 5.85. The summed E-state index contributed by atoms with van der Waals surface area (Å²) >= 11 is 0. The van der Waals surface area contributed by atoms with Crippen LogP contribution in [0.4, 0.5) is 8.78 Å². The minimum Gasteiger partial charge on any atom is -0.390 e. The summed E-state index contributed by atoms with van der Waals surface area (Å²) in [6.45, 7) is 5.27. The molecule has 2 N–H and O–H groups in total. The number of rotatable bonds is 4. The fraction of sp³-hybridized carbons (Fsp3) is 0.600. The Morgan fingerprint density at radius 3 is 2.38 bits per heavy atom. The first-order valence-electron chi connectivity index (χ1n) is 6.96. The number of benzene rings is 1. The van der Waals surface area contributed by atoms with Gasteiger partial charge in [-0.2, -0.15) is 0 Å². The quantitative estimate of drug-likeness (QED) is 0.893. The predicted octanol–water partition coefficient (Wildman–Crippen LogP) is 2.30. The zero-order chi connectivity index (χ0) is 14.8. The van der Waals surface area contributed by atoms with Crippen molar-refractivity contribution in [2.75, 3.05) is 32.8 Å². The zero-order valence-electron chi connectivity index (χ0n) is 12.4.